The molecule has 1 fully saturated rings. The summed E-state index contributed by atoms with van der Waals surface area (Å²) in [4.78, 5) is 14.0. The fraction of sp³-hybridized carbons (Fsp3) is 0.409. The van der Waals surface area contributed by atoms with Crippen LogP contribution >= 0.6 is 11.6 Å². The van der Waals surface area contributed by atoms with Crippen molar-refractivity contribution in [2.45, 2.75) is 41.2 Å². The number of ether oxygens (including phenoxy) is 1. The Hall–Kier alpha value is -2.31. The van der Waals surface area contributed by atoms with Crippen LogP contribution in [-0.4, -0.2) is 58.6 Å². The maximum absolute atomic E-state index is 13.0. The molecule has 0 spiro atoms. The first-order chi connectivity index (χ1) is 16.1. The van der Waals surface area contributed by atoms with Gasteiger partial charge in [-0.3, -0.25) is 4.79 Å². The summed E-state index contributed by atoms with van der Waals surface area (Å²) in [6.45, 7) is 1.82. The number of halogens is 4. The maximum Gasteiger partial charge on any atom is 0.573 e. The van der Waals surface area contributed by atoms with Gasteiger partial charge in [0.1, 0.15) is 5.75 Å². The summed E-state index contributed by atoms with van der Waals surface area (Å²) >= 11 is 5.83. The summed E-state index contributed by atoms with van der Waals surface area (Å²) in [6.07, 6.45) is -3.68. The molecule has 0 bridgehead atoms. The highest BCUT2D eigenvalue weighted by molar-refractivity contribution is 7.92. The second-order valence-electron chi connectivity index (χ2n) is 8.31. The third-order valence-corrected chi connectivity index (χ3v) is 9.61. The van der Waals surface area contributed by atoms with Crippen LogP contribution in [0.15, 0.2) is 52.3 Å². The highest BCUT2D eigenvalue weighted by Gasteiger charge is 2.37. The standard InChI is InChI=1S/C22H23ClF3NO6S2/c1-14(35(31,32)17-5-3-16(23)4-6-17)15-9-11-27(12-10-15)21(28)19-8-7-18(34(2,29)30)13-20(19)33-22(24,25)26/h3-8,13-15H,9-12H2,1-2H3. The average molecular weight is 554 g/mol. The lowest BCUT2D eigenvalue weighted by atomic mass is 9.93. The first-order valence-electron chi connectivity index (χ1n) is 10.5. The zero-order chi connectivity index (χ0) is 26.2. The smallest absolute Gasteiger partial charge is 0.405 e. The van der Waals surface area contributed by atoms with Crippen molar-refractivity contribution in [1.82, 2.24) is 4.90 Å². The molecule has 1 saturated heterocycles. The van der Waals surface area contributed by atoms with Crippen molar-refractivity contribution < 1.29 is 39.5 Å². The molecule has 35 heavy (non-hydrogen) atoms. The number of rotatable bonds is 6. The fourth-order valence-corrected chi connectivity index (χ4v) is 6.44. The van der Waals surface area contributed by atoms with Gasteiger partial charge in [-0.1, -0.05) is 11.6 Å². The molecule has 1 heterocycles. The van der Waals surface area contributed by atoms with Crippen LogP contribution in [0.3, 0.4) is 0 Å². The predicted octanol–water partition coefficient (Wildman–Crippen LogP) is 4.36. The molecular formula is C22H23ClF3NO6S2. The maximum atomic E-state index is 13.0. The number of amides is 1. The summed E-state index contributed by atoms with van der Waals surface area (Å²) in [5.41, 5.74) is -0.435. The molecule has 13 heteroatoms. The van der Waals surface area contributed by atoms with Crippen LogP contribution in [0.25, 0.3) is 0 Å². The molecule has 0 aliphatic carbocycles. The minimum Gasteiger partial charge on any atom is -0.405 e. The van der Waals surface area contributed by atoms with Crippen LogP contribution in [0.2, 0.25) is 5.02 Å². The topological polar surface area (TPSA) is 97.8 Å². The van der Waals surface area contributed by atoms with Crippen LogP contribution in [0.4, 0.5) is 13.2 Å². The Morgan fingerprint density at radius 2 is 1.57 bits per heavy atom. The van der Waals surface area contributed by atoms with Gasteiger partial charge < -0.3 is 9.64 Å². The summed E-state index contributed by atoms with van der Waals surface area (Å²) in [5, 5.41) is -0.346. The molecule has 0 N–H and O–H groups in total. The highest BCUT2D eigenvalue weighted by atomic mass is 35.5. The Morgan fingerprint density at radius 3 is 2.09 bits per heavy atom. The molecule has 1 unspecified atom stereocenters. The number of benzene rings is 2. The number of hydrogen-bond acceptors (Lipinski definition) is 6. The normalized spacial score (nSPS) is 16.7. The molecule has 7 nitrogen and oxygen atoms in total. The second kappa shape index (κ2) is 9.98. The van der Waals surface area contributed by atoms with Crippen LogP contribution < -0.4 is 4.74 Å². The van der Waals surface area contributed by atoms with Crippen molar-refractivity contribution in [3.05, 3.63) is 53.1 Å². The van der Waals surface area contributed by atoms with Crippen molar-refractivity contribution in [2.75, 3.05) is 19.3 Å². The van der Waals surface area contributed by atoms with Gasteiger partial charge in [-0.25, -0.2) is 16.8 Å². The summed E-state index contributed by atoms with van der Waals surface area (Å²) < 4.78 is 92.1. The van der Waals surface area contributed by atoms with Gasteiger partial charge in [0.2, 0.25) is 0 Å². The van der Waals surface area contributed by atoms with Crippen LogP contribution in [0, 0.1) is 5.92 Å². The number of piperidine rings is 1. The van der Waals surface area contributed by atoms with E-state index in [1.807, 2.05) is 0 Å². The Balaban J connectivity index is 1.77. The minimum atomic E-state index is -5.14. The average Bonchev–Trinajstić information content (AvgIpc) is 2.77. The van der Waals surface area contributed by atoms with Crippen LogP contribution in [-0.2, 0) is 19.7 Å². The number of alkyl halides is 3. The van der Waals surface area contributed by atoms with Gasteiger partial charge >= 0.3 is 6.36 Å². The number of carbonyl (C=O) groups is 1. The zero-order valence-electron chi connectivity index (χ0n) is 18.7. The Labute approximate surface area is 206 Å². The predicted molar refractivity (Wildman–Crippen MR) is 123 cm³/mol. The summed E-state index contributed by atoms with van der Waals surface area (Å²) in [7, 11) is -7.50. The molecule has 1 aliphatic heterocycles. The van der Waals surface area contributed by atoms with Gasteiger partial charge in [-0.05, 0) is 68.1 Å². The summed E-state index contributed by atoms with van der Waals surface area (Å²) in [5.74, 6) is -1.96. The number of sulfone groups is 2. The number of likely N-dealkylation sites (tertiary alicyclic amines) is 1. The second-order valence-corrected chi connectivity index (χ2v) is 13.1. The molecule has 1 amide bonds. The van der Waals surface area contributed by atoms with Gasteiger partial charge in [0, 0.05) is 24.4 Å². The molecule has 2 aromatic rings. The van der Waals surface area contributed by atoms with Crippen molar-refractivity contribution in [2.24, 2.45) is 5.92 Å². The van der Waals surface area contributed by atoms with E-state index in [4.69, 9.17) is 11.6 Å². The fourth-order valence-electron chi connectivity index (χ4n) is 3.95. The number of hydrogen-bond donors (Lipinski definition) is 0. The van der Waals surface area contributed by atoms with Crippen LogP contribution in [0.1, 0.15) is 30.1 Å². The van der Waals surface area contributed by atoms with Gasteiger partial charge in [-0.2, -0.15) is 0 Å². The molecular weight excluding hydrogens is 531 g/mol. The Bertz CT molecular complexity index is 1300. The molecule has 0 radical (unpaired) electrons. The largest absolute Gasteiger partial charge is 0.573 e. The van der Waals surface area contributed by atoms with Crippen molar-refractivity contribution in [3.8, 4) is 5.75 Å². The number of nitrogens with zero attached hydrogens (tertiary/aromatic N) is 1. The van der Waals surface area contributed by atoms with Gasteiger partial charge in [0.25, 0.3) is 5.91 Å². The van der Waals surface area contributed by atoms with Crippen LogP contribution in [0.5, 0.6) is 5.75 Å². The highest BCUT2D eigenvalue weighted by Crippen LogP contribution is 2.33. The Kier molecular flexibility index (Phi) is 7.78. The van der Waals surface area contributed by atoms with E-state index in [1.165, 1.54) is 29.2 Å². The van der Waals surface area contributed by atoms with Gasteiger partial charge in [0.05, 0.1) is 20.6 Å². The van der Waals surface area contributed by atoms with Crippen molar-refractivity contribution in [3.63, 3.8) is 0 Å². The van der Waals surface area contributed by atoms with E-state index in [0.29, 0.717) is 23.9 Å². The minimum absolute atomic E-state index is 0.114. The van der Waals surface area contributed by atoms with E-state index in [-0.39, 0.29) is 23.9 Å². The van der Waals surface area contributed by atoms with E-state index < -0.39 is 53.4 Å². The van der Waals surface area contributed by atoms with Crippen molar-refractivity contribution >= 4 is 37.2 Å². The van der Waals surface area contributed by atoms with Gasteiger partial charge in [0.15, 0.2) is 19.7 Å². The van der Waals surface area contributed by atoms with E-state index in [0.717, 1.165) is 18.4 Å². The monoisotopic (exact) mass is 553 g/mol. The molecule has 0 aromatic heterocycles. The third kappa shape index (κ3) is 6.47. The van der Waals surface area contributed by atoms with Gasteiger partial charge in [-0.15, -0.1) is 13.2 Å². The molecule has 1 atom stereocenters. The molecule has 1 aliphatic rings. The van der Waals surface area contributed by atoms with E-state index >= 15 is 0 Å². The lowest BCUT2D eigenvalue weighted by molar-refractivity contribution is -0.274. The molecule has 192 valence electrons. The quantitative estimate of drug-likeness (QED) is 0.527. The molecule has 2 aromatic carbocycles. The van der Waals surface area contributed by atoms with Crippen molar-refractivity contribution in [1.29, 1.82) is 0 Å². The first-order valence-corrected chi connectivity index (χ1v) is 14.3. The van der Waals surface area contributed by atoms with E-state index in [9.17, 15) is 34.8 Å². The lowest BCUT2D eigenvalue weighted by Crippen LogP contribution is -2.42. The van der Waals surface area contributed by atoms with E-state index in [1.54, 1.807) is 6.92 Å². The molecule has 0 saturated carbocycles. The SMILES string of the molecule is CC(C1CCN(C(=O)c2ccc(S(C)(=O)=O)cc2OC(F)(F)F)CC1)S(=O)(=O)c1ccc(Cl)cc1. The lowest BCUT2D eigenvalue weighted by Gasteiger charge is -2.35. The zero-order valence-corrected chi connectivity index (χ0v) is 21.1. The number of carbonyl (C=O) groups excluding carboxylic acids is 1. The first kappa shape index (κ1) is 27.3. The Morgan fingerprint density at radius 1 is 1.03 bits per heavy atom. The third-order valence-electron chi connectivity index (χ3n) is 5.96. The van der Waals surface area contributed by atoms with E-state index in [2.05, 4.69) is 4.74 Å². The molecule has 3 rings (SSSR count). The summed E-state index contributed by atoms with van der Waals surface area (Å²) in [6, 6.07) is 8.52.